The molecule has 6 saturated carbocycles. The summed E-state index contributed by atoms with van der Waals surface area (Å²) in [6.07, 6.45) is 1.23. The number of nitrogens with two attached hydrogens (primary N) is 1. The summed E-state index contributed by atoms with van der Waals surface area (Å²) >= 11 is 7.17. The van der Waals surface area contributed by atoms with E-state index in [9.17, 15) is 0 Å². The Morgan fingerprint density at radius 2 is 2.28 bits per heavy atom. The van der Waals surface area contributed by atoms with Crippen molar-refractivity contribution in [2.24, 2.45) is 52.3 Å². The first kappa shape index (κ1) is 10.8. The smallest absolute Gasteiger partial charge is 0.184 e. The van der Waals surface area contributed by atoms with E-state index in [4.69, 9.17) is 18.0 Å². The van der Waals surface area contributed by atoms with E-state index < -0.39 is 5.67 Å². The minimum absolute atomic E-state index is 0.0602. The van der Waals surface area contributed by atoms with Crippen molar-refractivity contribution in [3.63, 3.8) is 0 Å². The third-order valence-corrected chi connectivity index (χ3v) is 8.25. The molecular weight excluding hydrogens is 364 g/mol. The third-order valence-electron chi connectivity index (χ3n) is 6.38. The van der Waals surface area contributed by atoms with Gasteiger partial charge in [0, 0.05) is 27.4 Å². The van der Waals surface area contributed by atoms with Gasteiger partial charge in [0.05, 0.1) is 0 Å². The van der Waals surface area contributed by atoms with Gasteiger partial charge in [-0.25, -0.2) is 4.39 Å². The molecule has 6 aliphatic rings. The van der Waals surface area contributed by atoms with Crippen LogP contribution in [-0.4, -0.2) is 20.4 Å². The van der Waals surface area contributed by atoms with Crippen molar-refractivity contribution in [1.82, 2.24) is 5.43 Å². The van der Waals surface area contributed by atoms with Gasteiger partial charge in [-0.05, 0) is 42.3 Å². The molecule has 6 bridgehead atoms. The van der Waals surface area contributed by atoms with Crippen LogP contribution in [0.1, 0.15) is 6.42 Å². The highest BCUT2D eigenvalue weighted by atomic mass is 127. The van der Waals surface area contributed by atoms with Crippen LogP contribution in [0.3, 0.4) is 0 Å². The van der Waals surface area contributed by atoms with E-state index in [0.29, 0.717) is 29.6 Å². The van der Waals surface area contributed by atoms with E-state index in [1.54, 1.807) is 0 Å². The van der Waals surface area contributed by atoms with Gasteiger partial charge in [-0.2, -0.15) is 5.10 Å². The molecule has 0 saturated heterocycles. The largest absolute Gasteiger partial charge is 0.375 e. The van der Waals surface area contributed by atoms with Crippen LogP contribution in [-0.2, 0) is 0 Å². The van der Waals surface area contributed by atoms with Gasteiger partial charge in [-0.3, -0.25) is 5.43 Å². The Hall–Kier alpha value is 0.0200. The van der Waals surface area contributed by atoms with Gasteiger partial charge in [-0.15, -0.1) is 0 Å². The number of hydrogen-bond donors (Lipinski definition) is 2. The fourth-order valence-electron chi connectivity index (χ4n) is 6.44. The summed E-state index contributed by atoms with van der Waals surface area (Å²) in [6.45, 7) is 0. The van der Waals surface area contributed by atoms with Crippen molar-refractivity contribution in [2.75, 3.05) is 0 Å². The highest BCUT2D eigenvalue weighted by Crippen LogP contribution is 2.85. The first-order valence-electron chi connectivity index (χ1n) is 6.52. The van der Waals surface area contributed by atoms with Crippen LogP contribution in [0.2, 0.25) is 0 Å². The lowest BCUT2D eigenvalue weighted by molar-refractivity contribution is 0.0218. The standard InChI is InChI=1S/C12H13FIN3S/c13-12-7-3-1-2-4(5(3)10(12)14)8(12)9(6(2)7)16-17-11(15)18/h2-8,10H,1H2,(H3,15,17,18)/b16-9-. The van der Waals surface area contributed by atoms with Gasteiger partial charge in [0.25, 0.3) is 0 Å². The average Bonchev–Trinajstić information content (AvgIpc) is 2.99. The second kappa shape index (κ2) is 2.87. The molecule has 3 N–H and O–H groups in total. The molecule has 18 heavy (non-hydrogen) atoms. The summed E-state index contributed by atoms with van der Waals surface area (Å²) in [5.41, 5.74) is 8.20. The van der Waals surface area contributed by atoms with Crippen molar-refractivity contribution < 1.29 is 4.39 Å². The second-order valence-corrected chi connectivity index (χ2v) is 8.27. The van der Waals surface area contributed by atoms with E-state index in [2.05, 4.69) is 33.1 Å². The Morgan fingerprint density at radius 3 is 2.94 bits per heavy atom. The maximum Gasteiger partial charge on any atom is 0.184 e. The quantitative estimate of drug-likeness (QED) is 0.315. The highest BCUT2D eigenvalue weighted by Gasteiger charge is 2.89. The maximum atomic E-state index is 15.5. The maximum absolute atomic E-state index is 15.5. The normalized spacial score (nSPS) is 66.9. The molecule has 6 fully saturated rings. The minimum Gasteiger partial charge on any atom is -0.375 e. The SMILES string of the molecule is NC(=S)N/N=C1/C2C3CC4C5C3C1C(F)(C5I)C42. The molecule has 3 nitrogen and oxygen atoms in total. The van der Waals surface area contributed by atoms with E-state index in [-0.39, 0.29) is 20.9 Å². The Balaban J connectivity index is 1.67. The first-order valence-corrected chi connectivity index (χ1v) is 8.18. The molecule has 0 spiro atoms. The topological polar surface area (TPSA) is 50.4 Å². The molecule has 0 amide bonds. The van der Waals surface area contributed by atoms with E-state index in [1.807, 2.05) is 0 Å². The second-order valence-electron chi connectivity index (χ2n) is 6.49. The van der Waals surface area contributed by atoms with Crippen molar-refractivity contribution in [2.45, 2.75) is 16.0 Å². The van der Waals surface area contributed by atoms with Gasteiger partial charge in [0.2, 0.25) is 0 Å². The third kappa shape index (κ3) is 0.805. The number of alkyl halides is 2. The fraction of sp³-hybridized carbons (Fsp3) is 0.833. The van der Waals surface area contributed by atoms with Gasteiger partial charge < -0.3 is 5.73 Å². The predicted octanol–water partition coefficient (Wildman–Crippen LogP) is 1.46. The van der Waals surface area contributed by atoms with E-state index in [1.165, 1.54) is 6.42 Å². The summed E-state index contributed by atoms with van der Waals surface area (Å²) < 4.78 is 15.7. The average molecular weight is 377 g/mol. The summed E-state index contributed by atoms with van der Waals surface area (Å²) in [6, 6.07) is 0. The lowest BCUT2D eigenvalue weighted by Crippen LogP contribution is -2.42. The molecular formula is C12H13FIN3S. The zero-order valence-electron chi connectivity index (χ0n) is 9.51. The van der Waals surface area contributed by atoms with Gasteiger partial charge >= 0.3 is 0 Å². The highest BCUT2D eigenvalue weighted by molar-refractivity contribution is 14.1. The monoisotopic (exact) mass is 377 g/mol. The summed E-state index contributed by atoms with van der Waals surface area (Å²) in [4.78, 5) is 0. The van der Waals surface area contributed by atoms with Gasteiger partial charge in [-0.1, -0.05) is 22.6 Å². The number of nitrogens with zero attached hydrogens (tertiary/aromatic N) is 1. The molecule has 0 heterocycles. The minimum atomic E-state index is -0.977. The van der Waals surface area contributed by atoms with Crippen molar-refractivity contribution >= 4 is 45.6 Å². The van der Waals surface area contributed by atoms with Crippen LogP contribution in [0.25, 0.3) is 0 Å². The van der Waals surface area contributed by atoms with Crippen LogP contribution in [0, 0.1) is 41.4 Å². The molecule has 6 aliphatic carbocycles. The Kier molecular flexibility index (Phi) is 1.72. The Labute approximate surface area is 123 Å². The summed E-state index contributed by atoms with van der Waals surface area (Å²) in [7, 11) is 0. The van der Waals surface area contributed by atoms with E-state index >= 15 is 4.39 Å². The van der Waals surface area contributed by atoms with Crippen molar-refractivity contribution in [3.05, 3.63) is 0 Å². The molecule has 96 valence electrons. The van der Waals surface area contributed by atoms with Crippen LogP contribution in [0.4, 0.5) is 4.39 Å². The number of hydrogen-bond acceptors (Lipinski definition) is 2. The molecule has 6 heteroatoms. The molecule has 0 aromatic rings. The molecule has 0 radical (unpaired) electrons. The molecule has 0 aromatic carbocycles. The predicted molar refractivity (Wildman–Crippen MR) is 78.1 cm³/mol. The Bertz CT molecular complexity index is 523. The fourth-order valence-corrected chi connectivity index (χ4v) is 8.30. The van der Waals surface area contributed by atoms with Crippen molar-refractivity contribution in [1.29, 1.82) is 0 Å². The number of halogens is 2. The summed E-state index contributed by atoms with van der Waals surface area (Å²) in [5.74, 6) is 3.19. The summed E-state index contributed by atoms with van der Waals surface area (Å²) in [5, 5.41) is 4.56. The number of hydrazone groups is 1. The van der Waals surface area contributed by atoms with Crippen LogP contribution in [0.15, 0.2) is 5.10 Å². The lowest BCUT2D eigenvalue weighted by Gasteiger charge is -2.36. The van der Waals surface area contributed by atoms with Gasteiger partial charge in [0.15, 0.2) is 5.11 Å². The number of nitrogens with one attached hydrogen (secondary N) is 1. The number of thiocarbonyl (C=S) groups is 1. The number of rotatable bonds is 1. The molecule has 0 aromatic heterocycles. The zero-order valence-corrected chi connectivity index (χ0v) is 12.5. The van der Waals surface area contributed by atoms with E-state index in [0.717, 1.165) is 5.71 Å². The van der Waals surface area contributed by atoms with Gasteiger partial charge in [0.1, 0.15) is 5.67 Å². The molecule has 0 aliphatic heterocycles. The van der Waals surface area contributed by atoms with Crippen LogP contribution in [0.5, 0.6) is 0 Å². The van der Waals surface area contributed by atoms with Crippen LogP contribution < -0.4 is 11.2 Å². The molecule has 9 unspecified atom stereocenters. The molecule has 9 atom stereocenters. The Morgan fingerprint density at radius 1 is 1.50 bits per heavy atom. The lowest BCUT2D eigenvalue weighted by atomic mass is 9.70. The zero-order chi connectivity index (χ0) is 12.4. The first-order chi connectivity index (χ1) is 8.56. The van der Waals surface area contributed by atoms with Crippen molar-refractivity contribution in [3.8, 4) is 0 Å². The molecule has 6 rings (SSSR count). The van der Waals surface area contributed by atoms with Crippen LogP contribution >= 0.6 is 34.8 Å².